The zero-order valence-electron chi connectivity index (χ0n) is 32.0. The van der Waals surface area contributed by atoms with Gasteiger partial charge in [0.2, 0.25) is 41.4 Å². The molecule has 0 spiro atoms. The summed E-state index contributed by atoms with van der Waals surface area (Å²) in [5, 5.41) is 54.3. The molecule has 0 aliphatic carbocycles. The van der Waals surface area contributed by atoms with Crippen molar-refractivity contribution in [2.45, 2.75) is 122 Å². The summed E-state index contributed by atoms with van der Waals surface area (Å²) >= 11 is 0. The van der Waals surface area contributed by atoms with Crippen molar-refractivity contribution in [2.75, 3.05) is 19.8 Å². The summed E-state index contributed by atoms with van der Waals surface area (Å²) in [7, 11) is 0. The molecule has 0 unspecified atom stereocenters. The Balaban J connectivity index is 5.84. The first kappa shape index (κ1) is 50.1. The lowest BCUT2D eigenvalue weighted by Crippen LogP contribution is -2.61. The van der Waals surface area contributed by atoms with Gasteiger partial charge in [0.25, 0.3) is 0 Å². The maximum atomic E-state index is 13.3. The molecular formula is C33H59N9O13. The van der Waals surface area contributed by atoms with Crippen LogP contribution in [0.25, 0.3) is 0 Å². The number of carboxylic acids is 2. The summed E-state index contributed by atoms with van der Waals surface area (Å²) in [6.07, 6.45) is 0.0986. The van der Waals surface area contributed by atoms with Crippen LogP contribution in [0.15, 0.2) is 0 Å². The number of unbranched alkanes of at least 4 members (excludes halogenated alkanes) is 1. The Hall–Kier alpha value is -4.93. The van der Waals surface area contributed by atoms with Gasteiger partial charge in [0.05, 0.1) is 25.7 Å². The summed E-state index contributed by atoms with van der Waals surface area (Å²) in [5.74, 6) is -10.3. The molecule has 7 amide bonds. The molecule has 0 radical (unpaired) electrons. The third-order valence-corrected chi connectivity index (χ3v) is 7.96. The van der Waals surface area contributed by atoms with Crippen LogP contribution >= 0.6 is 0 Å². The van der Waals surface area contributed by atoms with E-state index in [9.17, 15) is 63.6 Å². The van der Waals surface area contributed by atoms with E-state index in [0.29, 0.717) is 19.4 Å². The number of nitrogens with two attached hydrogens (primary N) is 2. The van der Waals surface area contributed by atoms with Crippen LogP contribution in [0.4, 0.5) is 0 Å². The van der Waals surface area contributed by atoms with Crippen LogP contribution in [-0.2, 0) is 43.2 Å². The molecule has 22 heteroatoms. The van der Waals surface area contributed by atoms with Gasteiger partial charge in [-0.15, -0.1) is 0 Å². The van der Waals surface area contributed by atoms with Crippen LogP contribution in [0.5, 0.6) is 0 Å². The fourth-order valence-corrected chi connectivity index (χ4v) is 4.80. The third kappa shape index (κ3) is 18.8. The number of carboxylic acid groups (broad SMARTS) is 2. The van der Waals surface area contributed by atoms with Crippen molar-refractivity contribution in [1.82, 2.24) is 37.2 Å². The van der Waals surface area contributed by atoms with E-state index in [2.05, 4.69) is 37.2 Å². The smallest absolute Gasteiger partial charge is 0.326 e. The second-order valence-corrected chi connectivity index (χ2v) is 13.8. The predicted molar refractivity (Wildman–Crippen MR) is 194 cm³/mol. The quantitative estimate of drug-likeness (QED) is 0.0366. The minimum Gasteiger partial charge on any atom is -0.481 e. The van der Waals surface area contributed by atoms with E-state index < -0.39 is 127 Å². The zero-order valence-corrected chi connectivity index (χ0v) is 32.0. The summed E-state index contributed by atoms with van der Waals surface area (Å²) in [6.45, 7) is 7.42. The van der Waals surface area contributed by atoms with Gasteiger partial charge in [0, 0.05) is 0 Å². The molecule has 0 saturated carbocycles. The molecule has 22 nitrogen and oxygen atoms in total. The zero-order chi connectivity index (χ0) is 42.6. The van der Waals surface area contributed by atoms with Gasteiger partial charge in [-0.1, -0.05) is 27.7 Å². The molecule has 0 aliphatic rings. The first-order chi connectivity index (χ1) is 25.6. The van der Waals surface area contributed by atoms with Crippen LogP contribution in [0, 0.1) is 11.8 Å². The highest BCUT2D eigenvalue weighted by atomic mass is 16.4. The molecule has 0 aliphatic heterocycles. The number of hydrogen-bond donors (Lipinski definition) is 13. The number of amides is 7. The lowest BCUT2D eigenvalue weighted by molar-refractivity contribution is -0.144. The van der Waals surface area contributed by atoms with E-state index in [0.717, 1.165) is 0 Å². The molecule has 15 N–H and O–H groups in total. The minimum atomic E-state index is -1.70. The number of rotatable bonds is 26. The van der Waals surface area contributed by atoms with Crippen molar-refractivity contribution >= 4 is 53.3 Å². The monoisotopic (exact) mass is 789 g/mol. The van der Waals surface area contributed by atoms with Crippen molar-refractivity contribution in [3.63, 3.8) is 0 Å². The van der Waals surface area contributed by atoms with Crippen LogP contribution in [0.2, 0.25) is 0 Å². The Bertz CT molecular complexity index is 1350. The molecule has 0 bridgehead atoms. The average molecular weight is 790 g/mol. The SMILES string of the molecule is CC(C)C[C@H](NC(=O)[C@H](C)NC(=O)[C@H](CC(=O)O)NC(=O)[C@H](CCCCN)NC(=O)[C@H](C)N)C(=O)N[C@@H](CO)C(=O)N[C@@H](CO)C(=O)N[C@H](C(=O)O)C(C)C. The highest BCUT2D eigenvalue weighted by Gasteiger charge is 2.34. The van der Waals surface area contributed by atoms with Gasteiger partial charge in [-0.3, -0.25) is 38.4 Å². The fraction of sp³-hybridized carbons (Fsp3) is 0.727. The number of aliphatic hydroxyl groups excluding tert-OH is 2. The molecule has 0 rings (SSSR count). The predicted octanol–water partition coefficient (Wildman–Crippen LogP) is -4.88. The first-order valence-corrected chi connectivity index (χ1v) is 17.8. The standard InChI is InChI=1S/C33H59N9O13/c1-15(2)11-20(30(51)40-22(13-43)31(52)41-23(14-44)32(53)42-25(16(3)4)33(54)55)38-27(48)18(6)36-29(50)21(12-24(45)46)39-28(49)19(9-7-8-10-34)37-26(47)17(5)35/h15-23,25,43-44H,7-14,34-35H2,1-6H3,(H,36,50)(H,37,47)(H,38,48)(H,39,49)(H,40,51)(H,41,52)(H,42,53)(H,45,46)(H,54,55)/t17-,18-,19-,20-,21-,22-,23-,25-/m0/s1. The van der Waals surface area contributed by atoms with Crippen LogP contribution in [0.1, 0.15) is 73.6 Å². The fourth-order valence-electron chi connectivity index (χ4n) is 4.80. The van der Waals surface area contributed by atoms with Crippen LogP contribution in [0.3, 0.4) is 0 Å². The molecule has 314 valence electrons. The van der Waals surface area contributed by atoms with Crippen molar-refractivity contribution in [3.8, 4) is 0 Å². The number of aliphatic carboxylic acids is 2. The van der Waals surface area contributed by atoms with Crippen LogP contribution in [-0.4, -0.2) is 142 Å². The molecule has 8 atom stereocenters. The second kappa shape index (κ2) is 25.2. The Kier molecular flexibility index (Phi) is 22.9. The Morgan fingerprint density at radius 2 is 0.982 bits per heavy atom. The molecule has 55 heavy (non-hydrogen) atoms. The maximum Gasteiger partial charge on any atom is 0.326 e. The van der Waals surface area contributed by atoms with E-state index in [-0.39, 0.29) is 18.8 Å². The molecule has 0 heterocycles. The van der Waals surface area contributed by atoms with E-state index in [1.165, 1.54) is 27.7 Å². The van der Waals surface area contributed by atoms with Gasteiger partial charge < -0.3 is 69.1 Å². The van der Waals surface area contributed by atoms with Gasteiger partial charge >= 0.3 is 11.9 Å². The van der Waals surface area contributed by atoms with E-state index in [1.807, 2.05) is 0 Å². The number of carbonyl (C=O) groups is 9. The van der Waals surface area contributed by atoms with E-state index in [4.69, 9.17) is 11.5 Å². The van der Waals surface area contributed by atoms with Crippen LogP contribution < -0.4 is 48.7 Å². The lowest BCUT2D eigenvalue weighted by Gasteiger charge is -2.27. The normalized spacial score (nSPS) is 15.5. The summed E-state index contributed by atoms with van der Waals surface area (Å²) in [4.78, 5) is 114. The van der Waals surface area contributed by atoms with Crippen molar-refractivity contribution in [2.24, 2.45) is 23.3 Å². The molecule has 0 saturated heterocycles. The Morgan fingerprint density at radius 1 is 0.545 bits per heavy atom. The number of carbonyl (C=O) groups excluding carboxylic acids is 7. The molecule has 0 aromatic rings. The minimum absolute atomic E-state index is 0.0121. The van der Waals surface area contributed by atoms with Gasteiger partial charge in [-0.2, -0.15) is 0 Å². The maximum absolute atomic E-state index is 13.3. The summed E-state index contributed by atoms with van der Waals surface area (Å²) in [5.41, 5.74) is 11.1. The van der Waals surface area contributed by atoms with Crippen molar-refractivity contribution in [3.05, 3.63) is 0 Å². The molecule has 0 aromatic heterocycles. The highest BCUT2D eigenvalue weighted by molar-refractivity contribution is 5.98. The third-order valence-electron chi connectivity index (χ3n) is 7.96. The van der Waals surface area contributed by atoms with Gasteiger partial charge in [0.15, 0.2) is 0 Å². The summed E-state index contributed by atoms with van der Waals surface area (Å²) < 4.78 is 0. The average Bonchev–Trinajstić information content (AvgIpc) is 3.09. The highest BCUT2D eigenvalue weighted by Crippen LogP contribution is 2.08. The van der Waals surface area contributed by atoms with Crippen molar-refractivity contribution in [1.29, 1.82) is 0 Å². The second-order valence-electron chi connectivity index (χ2n) is 13.8. The van der Waals surface area contributed by atoms with Gasteiger partial charge in [0.1, 0.15) is 42.3 Å². The van der Waals surface area contributed by atoms with E-state index >= 15 is 0 Å². The largest absolute Gasteiger partial charge is 0.481 e. The Morgan fingerprint density at radius 3 is 1.42 bits per heavy atom. The van der Waals surface area contributed by atoms with Gasteiger partial charge in [-0.05, 0) is 57.9 Å². The lowest BCUT2D eigenvalue weighted by atomic mass is 10.0. The first-order valence-electron chi connectivity index (χ1n) is 17.8. The number of hydrogen-bond acceptors (Lipinski definition) is 13. The Labute approximate surface area is 319 Å². The number of nitrogens with one attached hydrogen (secondary N) is 7. The van der Waals surface area contributed by atoms with E-state index in [1.54, 1.807) is 13.8 Å². The van der Waals surface area contributed by atoms with Gasteiger partial charge in [-0.25, -0.2) is 4.79 Å². The molecule has 0 aromatic carbocycles. The topological polar surface area (TPSA) is 371 Å². The molecular weight excluding hydrogens is 730 g/mol. The van der Waals surface area contributed by atoms with Crippen molar-refractivity contribution < 1.29 is 63.6 Å². The summed E-state index contributed by atoms with van der Waals surface area (Å²) in [6, 6.07) is -11.3. The number of aliphatic hydroxyl groups is 2. The molecule has 0 fully saturated rings.